The standard InChI is InChI=1S/C19H23ClN4O/c20-17-8-4-5-9-18(17)22-19(25)21-10-11-23-12-14-24(15-13-23)16-6-2-1-3-7-16/h1-9H,10-15H2,(H2,21,22,25). The summed E-state index contributed by atoms with van der Waals surface area (Å²) in [5, 5.41) is 6.19. The molecule has 2 aromatic rings. The van der Waals surface area contributed by atoms with Crippen LogP contribution in [-0.4, -0.2) is 50.2 Å². The van der Waals surface area contributed by atoms with Crippen LogP contribution in [0.2, 0.25) is 5.02 Å². The molecule has 2 amide bonds. The molecule has 132 valence electrons. The Labute approximate surface area is 153 Å². The highest BCUT2D eigenvalue weighted by atomic mass is 35.5. The highest BCUT2D eigenvalue weighted by Crippen LogP contribution is 2.20. The largest absolute Gasteiger partial charge is 0.369 e. The fourth-order valence-corrected chi connectivity index (χ4v) is 3.11. The van der Waals surface area contributed by atoms with Gasteiger partial charge in [-0.1, -0.05) is 41.9 Å². The number of hydrogen-bond donors (Lipinski definition) is 2. The molecule has 1 fully saturated rings. The molecule has 25 heavy (non-hydrogen) atoms. The molecule has 2 aromatic carbocycles. The molecule has 0 radical (unpaired) electrons. The zero-order valence-corrected chi connectivity index (χ0v) is 14.9. The van der Waals surface area contributed by atoms with E-state index in [4.69, 9.17) is 11.6 Å². The molecule has 1 aliphatic rings. The van der Waals surface area contributed by atoms with Crippen molar-refractivity contribution in [3.05, 3.63) is 59.6 Å². The van der Waals surface area contributed by atoms with E-state index in [0.29, 0.717) is 17.3 Å². The maximum absolute atomic E-state index is 11.9. The molecular formula is C19H23ClN4O. The third kappa shape index (κ3) is 5.11. The summed E-state index contributed by atoms with van der Waals surface area (Å²) in [4.78, 5) is 16.7. The second-order valence-corrected chi connectivity index (χ2v) is 6.43. The first-order valence-electron chi connectivity index (χ1n) is 8.54. The van der Waals surface area contributed by atoms with Crippen molar-refractivity contribution in [2.75, 3.05) is 49.5 Å². The van der Waals surface area contributed by atoms with Gasteiger partial charge >= 0.3 is 6.03 Å². The highest BCUT2D eigenvalue weighted by molar-refractivity contribution is 6.33. The van der Waals surface area contributed by atoms with Gasteiger partial charge in [-0.05, 0) is 24.3 Å². The van der Waals surface area contributed by atoms with Crippen molar-refractivity contribution in [3.63, 3.8) is 0 Å². The number of nitrogens with zero attached hydrogens (tertiary/aromatic N) is 2. The lowest BCUT2D eigenvalue weighted by atomic mass is 10.2. The molecule has 0 aliphatic carbocycles. The van der Waals surface area contributed by atoms with Crippen LogP contribution in [0.3, 0.4) is 0 Å². The normalized spacial score (nSPS) is 15.0. The van der Waals surface area contributed by atoms with E-state index in [1.165, 1.54) is 5.69 Å². The minimum absolute atomic E-state index is 0.226. The summed E-state index contributed by atoms with van der Waals surface area (Å²) < 4.78 is 0. The minimum atomic E-state index is -0.226. The Balaban J connectivity index is 1.36. The topological polar surface area (TPSA) is 47.6 Å². The fourth-order valence-electron chi connectivity index (χ4n) is 2.93. The Morgan fingerprint density at radius 3 is 2.36 bits per heavy atom. The summed E-state index contributed by atoms with van der Waals surface area (Å²) in [5.41, 5.74) is 1.90. The smallest absolute Gasteiger partial charge is 0.319 e. The number of hydrogen-bond acceptors (Lipinski definition) is 3. The molecule has 0 bridgehead atoms. The third-order valence-corrected chi connectivity index (χ3v) is 4.66. The summed E-state index contributed by atoms with van der Waals surface area (Å²) >= 11 is 6.03. The van der Waals surface area contributed by atoms with E-state index in [0.717, 1.165) is 32.7 Å². The lowest BCUT2D eigenvalue weighted by molar-refractivity contribution is 0.240. The summed E-state index contributed by atoms with van der Waals surface area (Å²) in [6, 6.07) is 17.5. The molecule has 6 heteroatoms. The number of piperazine rings is 1. The zero-order chi connectivity index (χ0) is 17.5. The molecule has 0 spiro atoms. The maximum Gasteiger partial charge on any atom is 0.319 e. The highest BCUT2D eigenvalue weighted by Gasteiger charge is 2.16. The van der Waals surface area contributed by atoms with Gasteiger partial charge in [-0.3, -0.25) is 4.90 Å². The molecule has 0 atom stereocenters. The van der Waals surface area contributed by atoms with Crippen molar-refractivity contribution in [2.45, 2.75) is 0 Å². The van der Waals surface area contributed by atoms with Gasteiger partial charge in [-0.15, -0.1) is 0 Å². The van der Waals surface area contributed by atoms with Gasteiger partial charge in [-0.25, -0.2) is 4.79 Å². The van der Waals surface area contributed by atoms with Gasteiger partial charge in [-0.2, -0.15) is 0 Å². The van der Waals surface area contributed by atoms with Crippen LogP contribution in [0.25, 0.3) is 0 Å². The Bertz CT molecular complexity index is 687. The lowest BCUT2D eigenvalue weighted by Crippen LogP contribution is -2.48. The van der Waals surface area contributed by atoms with Crippen LogP contribution in [-0.2, 0) is 0 Å². The van der Waals surface area contributed by atoms with E-state index in [1.807, 2.05) is 18.2 Å². The van der Waals surface area contributed by atoms with Gasteiger partial charge in [0.1, 0.15) is 0 Å². The predicted octanol–water partition coefficient (Wildman–Crippen LogP) is 3.28. The molecule has 1 saturated heterocycles. The summed E-state index contributed by atoms with van der Waals surface area (Å²) in [7, 11) is 0. The maximum atomic E-state index is 11.9. The van der Waals surface area contributed by atoms with Gasteiger partial charge in [0.25, 0.3) is 0 Å². The average Bonchev–Trinajstić information content (AvgIpc) is 2.65. The molecule has 0 aromatic heterocycles. The van der Waals surface area contributed by atoms with Crippen molar-refractivity contribution in [2.24, 2.45) is 0 Å². The number of nitrogens with one attached hydrogen (secondary N) is 2. The Morgan fingerprint density at radius 1 is 0.960 bits per heavy atom. The molecule has 0 saturated carbocycles. The minimum Gasteiger partial charge on any atom is -0.369 e. The van der Waals surface area contributed by atoms with Crippen LogP contribution >= 0.6 is 11.6 Å². The molecular weight excluding hydrogens is 336 g/mol. The van der Waals surface area contributed by atoms with Crippen molar-refractivity contribution in [1.82, 2.24) is 10.2 Å². The van der Waals surface area contributed by atoms with Gasteiger partial charge < -0.3 is 15.5 Å². The molecule has 3 rings (SSSR count). The van der Waals surface area contributed by atoms with Crippen LogP contribution in [0.1, 0.15) is 0 Å². The quantitative estimate of drug-likeness (QED) is 0.862. The number of benzene rings is 2. The van der Waals surface area contributed by atoms with Crippen LogP contribution in [0.5, 0.6) is 0 Å². The predicted molar refractivity (Wildman–Crippen MR) is 104 cm³/mol. The monoisotopic (exact) mass is 358 g/mol. The van der Waals surface area contributed by atoms with Crippen molar-refractivity contribution in [3.8, 4) is 0 Å². The molecule has 1 aliphatic heterocycles. The van der Waals surface area contributed by atoms with Gasteiger partial charge in [0.05, 0.1) is 10.7 Å². The van der Waals surface area contributed by atoms with Crippen LogP contribution in [0, 0.1) is 0 Å². The first kappa shape index (κ1) is 17.6. The number of para-hydroxylation sites is 2. The average molecular weight is 359 g/mol. The van der Waals surface area contributed by atoms with E-state index >= 15 is 0 Å². The SMILES string of the molecule is O=C(NCCN1CCN(c2ccccc2)CC1)Nc1ccccc1Cl. The molecule has 2 N–H and O–H groups in total. The van der Waals surface area contributed by atoms with E-state index in [9.17, 15) is 4.79 Å². The molecule has 5 nitrogen and oxygen atoms in total. The first-order valence-corrected chi connectivity index (χ1v) is 8.92. The molecule has 0 unspecified atom stereocenters. The first-order chi connectivity index (χ1) is 12.2. The van der Waals surface area contributed by atoms with E-state index in [1.54, 1.807) is 12.1 Å². The van der Waals surface area contributed by atoms with Crippen molar-refractivity contribution in [1.29, 1.82) is 0 Å². The van der Waals surface area contributed by atoms with Gasteiger partial charge in [0, 0.05) is 45.0 Å². The second kappa shape index (κ2) is 8.74. The van der Waals surface area contributed by atoms with Crippen LogP contribution in [0.15, 0.2) is 54.6 Å². The fraction of sp³-hybridized carbons (Fsp3) is 0.316. The van der Waals surface area contributed by atoms with E-state index in [-0.39, 0.29) is 6.03 Å². The second-order valence-electron chi connectivity index (χ2n) is 6.02. The number of amides is 2. The van der Waals surface area contributed by atoms with Crippen molar-refractivity contribution < 1.29 is 4.79 Å². The van der Waals surface area contributed by atoms with Gasteiger partial charge in [0.2, 0.25) is 0 Å². The lowest BCUT2D eigenvalue weighted by Gasteiger charge is -2.36. The molecule has 1 heterocycles. The number of halogens is 1. The Kier molecular flexibility index (Phi) is 6.14. The van der Waals surface area contributed by atoms with Crippen molar-refractivity contribution >= 4 is 29.0 Å². The van der Waals surface area contributed by atoms with Crippen LogP contribution < -0.4 is 15.5 Å². The number of carbonyl (C=O) groups excluding carboxylic acids is 1. The number of rotatable bonds is 5. The Morgan fingerprint density at radius 2 is 1.64 bits per heavy atom. The summed E-state index contributed by atoms with van der Waals surface area (Å²) in [6.07, 6.45) is 0. The number of anilines is 2. The van der Waals surface area contributed by atoms with E-state index in [2.05, 4.69) is 44.7 Å². The Hall–Kier alpha value is -2.24. The number of urea groups is 1. The van der Waals surface area contributed by atoms with Gasteiger partial charge in [0.15, 0.2) is 0 Å². The third-order valence-electron chi connectivity index (χ3n) is 4.33. The zero-order valence-electron chi connectivity index (χ0n) is 14.1. The summed E-state index contributed by atoms with van der Waals surface area (Å²) in [5.74, 6) is 0. The number of carbonyl (C=O) groups is 1. The van der Waals surface area contributed by atoms with E-state index < -0.39 is 0 Å². The summed E-state index contributed by atoms with van der Waals surface area (Å²) in [6.45, 7) is 5.48. The van der Waals surface area contributed by atoms with Crippen LogP contribution in [0.4, 0.5) is 16.2 Å².